The van der Waals surface area contributed by atoms with Crippen LogP contribution in [0.4, 0.5) is 0 Å². The molecule has 0 aliphatic rings. The van der Waals surface area contributed by atoms with Gasteiger partial charge >= 0.3 is 0 Å². The molecule has 0 bridgehead atoms. The minimum absolute atomic E-state index is 0.0122. The average Bonchev–Trinajstić information content (AvgIpc) is 3.32. The van der Waals surface area contributed by atoms with Gasteiger partial charge < -0.3 is 14.7 Å². The number of rotatable bonds is 6. The topological polar surface area (TPSA) is 97.4 Å². The molecule has 0 fully saturated rings. The highest BCUT2D eigenvalue weighted by Gasteiger charge is 2.15. The Bertz CT molecular complexity index is 1000. The largest absolute Gasteiger partial charge is 0.394 e. The van der Waals surface area contributed by atoms with Gasteiger partial charge in [-0.15, -0.1) is 10.2 Å². The number of hydrogen-bond acceptors (Lipinski definition) is 6. The number of fused-ring (bicyclic) bond motifs is 1. The first-order chi connectivity index (χ1) is 12.3. The minimum atomic E-state index is 0.0122. The van der Waals surface area contributed by atoms with Gasteiger partial charge in [-0.25, -0.2) is 9.67 Å². The Morgan fingerprint density at radius 1 is 1.28 bits per heavy atom. The number of para-hydroxylation sites is 1. The maximum atomic E-state index is 9.32. The van der Waals surface area contributed by atoms with E-state index in [1.807, 2.05) is 42.1 Å². The zero-order chi connectivity index (χ0) is 17.2. The van der Waals surface area contributed by atoms with Crippen LogP contribution in [-0.4, -0.2) is 46.2 Å². The van der Waals surface area contributed by atoms with E-state index in [1.165, 1.54) is 11.8 Å². The molecule has 25 heavy (non-hydrogen) atoms. The molecule has 0 amide bonds. The van der Waals surface area contributed by atoms with Crippen molar-refractivity contribution >= 4 is 22.7 Å². The van der Waals surface area contributed by atoms with Crippen LogP contribution in [0.25, 0.3) is 22.3 Å². The molecule has 3 heterocycles. The van der Waals surface area contributed by atoms with E-state index < -0.39 is 0 Å². The summed E-state index contributed by atoms with van der Waals surface area (Å²) in [5.41, 5.74) is 2.00. The third-order valence-electron chi connectivity index (χ3n) is 3.89. The van der Waals surface area contributed by atoms with Crippen LogP contribution >= 0.6 is 11.8 Å². The Morgan fingerprint density at radius 2 is 2.16 bits per heavy atom. The highest BCUT2D eigenvalue weighted by molar-refractivity contribution is 7.98. The van der Waals surface area contributed by atoms with E-state index in [2.05, 4.69) is 20.3 Å². The highest BCUT2D eigenvalue weighted by Crippen LogP contribution is 2.27. The molecule has 9 heteroatoms. The van der Waals surface area contributed by atoms with Crippen LogP contribution in [0.1, 0.15) is 5.82 Å². The molecule has 0 aliphatic carbocycles. The number of nitrogens with one attached hydrogen (secondary N) is 1. The van der Waals surface area contributed by atoms with Gasteiger partial charge in [0.05, 0.1) is 18.9 Å². The SMILES string of the molecule is Cn1cnnc1SCc1nc(-c2c[nH]c3ccccc23)nn1CCO. The Labute approximate surface area is 147 Å². The lowest BCUT2D eigenvalue weighted by Gasteiger charge is -2.03. The molecule has 3 aromatic heterocycles. The summed E-state index contributed by atoms with van der Waals surface area (Å²) in [6.07, 6.45) is 3.58. The number of nitrogens with zero attached hydrogens (tertiary/aromatic N) is 6. The van der Waals surface area contributed by atoms with Gasteiger partial charge in [0.15, 0.2) is 11.0 Å². The predicted molar refractivity (Wildman–Crippen MR) is 95.0 cm³/mol. The fraction of sp³-hybridized carbons (Fsp3) is 0.250. The van der Waals surface area contributed by atoms with E-state index in [9.17, 15) is 5.11 Å². The zero-order valence-electron chi connectivity index (χ0n) is 13.6. The second-order valence-corrected chi connectivity index (χ2v) is 6.50. The first-order valence-corrected chi connectivity index (χ1v) is 8.82. The second kappa shape index (κ2) is 6.69. The summed E-state index contributed by atoms with van der Waals surface area (Å²) in [6.45, 7) is 0.419. The number of aryl methyl sites for hydroxylation is 1. The number of H-pyrrole nitrogens is 1. The molecule has 8 nitrogen and oxygen atoms in total. The molecule has 0 atom stereocenters. The van der Waals surface area contributed by atoms with Crippen molar-refractivity contribution in [1.82, 2.24) is 34.5 Å². The van der Waals surface area contributed by atoms with Crippen molar-refractivity contribution in [2.75, 3.05) is 6.61 Å². The van der Waals surface area contributed by atoms with Crippen molar-refractivity contribution in [2.24, 2.45) is 7.05 Å². The van der Waals surface area contributed by atoms with E-state index in [1.54, 1.807) is 11.0 Å². The lowest BCUT2D eigenvalue weighted by atomic mass is 10.2. The maximum Gasteiger partial charge on any atom is 0.191 e. The molecule has 0 spiro atoms. The monoisotopic (exact) mass is 355 g/mol. The summed E-state index contributed by atoms with van der Waals surface area (Å²) in [5, 5.41) is 23.7. The third-order valence-corrected chi connectivity index (χ3v) is 4.92. The second-order valence-electron chi connectivity index (χ2n) is 5.56. The van der Waals surface area contributed by atoms with Crippen LogP contribution in [0.5, 0.6) is 0 Å². The lowest BCUT2D eigenvalue weighted by molar-refractivity contribution is 0.267. The van der Waals surface area contributed by atoms with E-state index in [0.29, 0.717) is 18.1 Å². The number of benzene rings is 1. The summed E-state index contributed by atoms with van der Waals surface area (Å²) < 4.78 is 3.61. The highest BCUT2D eigenvalue weighted by atomic mass is 32.2. The molecule has 2 N–H and O–H groups in total. The average molecular weight is 355 g/mol. The molecular weight excluding hydrogens is 338 g/mol. The van der Waals surface area contributed by atoms with E-state index in [-0.39, 0.29) is 6.61 Å². The lowest BCUT2D eigenvalue weighted by Crippen LogP contribution is -2.08. The number of aromatic nitrogens is 7. The molecule has 1 aromatic carbocycles. The van der Waals surface area contributed by atoms with Crippen LogP contribution in [0.2, 0.25) is 0 Å². The number of hydrogen-bond donors (Lipinski definition) is 2. The molecule has 0 aliphatic heterocycles. The number of aromatic amines is 1. The van der Waals surface area contributed by atoms with Crippen LogP contribution in [0, 0.1) is 0 Å². The molecule has 0 saturated heterocycles. The molecule has 4 aromatic rings. The zero-order valence-corrected chi connectivity index (χ0v) is 14.4. The number of aliphatic hydroxyl groups is 1. The Hall–Kier alpha value is -2.65. The standard InChI is InChI=1S/C16H17N7OS/c1-22-10-18-20-16(22)25-9-14-19-15(21-23(14)6-7-24)12-8-17-13-5-3-2-4-11(12)13/h2-5,8,10,17,24H,6-7,9H2,1H3. The fourth-order valence-electron chi connectivity index (χ4n) is 2.66. The van der Waals surface area contributed by atoms with Gasteiger partial charge in [0, 0.05) is 29.7 Å². The Kier molecular flexibility index (Phi) is 4.24. The Balaban J connectivity index is 1.66. The molecule has 128 valence electrons. The van der Waals surface area contributed by atoms with E-state index in [0.717, 1.165) is 27.4 Å². The molecule has 0 unspecified atom stereocenters. The van der Waals surface area contributed by atoms with E-state index in [4.69, 9.17) is 4.98 Å². The quantitative estimate of drug-likeness (QED) is 0.512. The van der Waals surface area contributed by atoms with Crippen molar-refractivity contribution < 1.29 is 5.11 Å². The van der Waals surface area contributed by atoms with Crippen molar-refractivity contribution in [1.29, 1.82) is 0 Å². The first-order valence-electron chi connectivity index (χ1n) is 7.84. The summed E-state index contributed by atoms with van der Waals surface area (Å²) >= 11 is 1.54. The van der Waals surface area contributed by atoms with Crippen LogP contribution in [0.3, 0.4) is 0 Å². The van der Waals surface area contributed by atoms with Gasteiger partial charge in [0.25, 0.3) is 0 Å². The smallest absolute Gasteiger partial charge is 0.191 e. The molecule has 0 radical (unpaired) electrons. The summed E-state index contributed by atoms with van der Waals surface area (Å²) in [5.74, 6) is 2.05. The maximum absolute atomic E-state index is 9.32. The number of thioether (sulfide) groups is 1. The van der Waals surface area contributed by atoms with Crippen LogP contribution < -0.4 is 0 Å². The summed E-state index contributed by atoms with van der Waals surface area (Å²) in [7, 11) is 1.90. The van der Waals surface area contributed by atoms with Gasteiger partial charge in [-0.1, -0.05) is 30.0 Å². The van der Waals surface area contributed by atoms with Gasteiger partial charge in [0.1, 0.15) is 12.2 Å². The predicted octanol–water partition coefficient (Wildman–Crippen LogP) is 1.84. The fourth-order valence-corrected chi connectivity index (χ4v) is 3.49. The van der Waals surface area contributed by atoms with Crippen molar-refractivity contribution in [3.05, 3.63) is 42.6 Å². The molecular formula is C16H17N7OS. The minimum Gasteiger partial charge on any atom is -0.394 e. The third kappa shape index (κ3) is 3.03. The van der Waals surface area contributed by atoms with Gasteiger partial charge in [0.2, 0.25) is 0 Å². The normalized spacial score (nSPS) is 11.4. The van der Waals surface area contributed by atoms with Crippen LogP contribution in [-0.2, 0) is 19.3 Å². The van der Waals surface area contributed by atoms with E-state index >= 15 is 0 Å². The van der Waals surface area contributed by atoms with Gasteiger partial charge in [-0.05, 0) is 6.07 Å². The molecule has 4 rings (SSSR count). The van der Waals surface area contributed by atoms with Crippen molar-refractivity contribution in [2.45, 2.75) is 17.5 Å². The number of aliphatic hydroxyl groups excluding tert-OH is 1. The summed E-state index contributed by atoms with van der Waals surface area (Å²) in [4.78, 5) is 7.94. The van der Waals surface area contributed by atoms with Gasteiger partial charge in [-0.3, -0.25) is 0 Å². The van der Waals surface area contributed by atoms with Crippen LogP contribution in [0.15, 0.2) is 41.9 Å². The molecule has 0 saturated carbocycles. The Morgan fingerprint density at radius 3 is 2.96 bits per heavy atom. The summed E-state index contributed by atoms with van der Waals surface area (Å²) in [6, 6.07) is 8.05. The first kappa shape index (κ1) is 15.9. The van der Waals surface area contributed by atoms with Crippen molar-refractivity contribution in [3.8, 4) is 11.4 Å². The van der Waals surface area contributed by atoms with Gasteiger partial charge in [-0.2, -0.15) is 5.10 Å². The van der Waals surface area contributed by atoms with Crippen molar-refractivity contribution in [3.63, 3.8) is 0 Å².